The van der Waals surface area contributed by atoms with Crippen LogP contribution in [0.5, 0.6) is 0 Å². The molecule has 0 radical (unpaired) electrons. The fourth-order valence-electron chi connectivity index (χ4n) is 2.10. The molecule has 18 heavy (non-hydrogen) atoms. The first-order valence-corrected chi connectivity index (χ1v) is 7.83. The zero-order valence-electron chi connectivity index (χ0n) is 10.6. The summed E-state index contributed by atoms with van der Waals surface area (Å²) in [5.74, 6) is 0.808. The van der Waals surface area contributed by atoms with Gasteiger partial charge in [-0.2, -0.15) is 4.31 Å². The number of nitrogens with zero attached hydrogens (tertiary/aromatic N) is 2. The van der Waals surface area contributed by atoms with Gasteiger partial charge in [0.2, 0.25) is 10.0 Å². The molecular formula is C11H19N3O3S. The number of sulfonamides is 1. The van der Waals surface area contributed by atoms with E-state index >= 15 is 0 Å². The Balaban J connectivity index is 2.16. The number of hydrogen-bond acceptors (Lipinski definition) is 5. The van der Waals surface area contributed by atoms with E-state index in [0.717, 1.165) is 17.7 Å². The zero-order chi connectivity index (χ0) is 13.2. The highest BCUT2D eigenvalue weighted by Gasteiger charge is 2.30. The second kappa shape index (κ2) is 5.38. The summed E-state index contributed by atoms with van der Waals surface area (Å²) in [4.78, 5) is 0. The molecule has 0 unspecified atom stereocenters. The molecular weight excluding hydrogens is 254 g/mol. The smallest absolute Gasteiger partial charge is 0.214 e. The predicted molar refractivity (Wildman–Crippen MR) is 67.2 cm³/mol. The molecule has 0 aromatic carbocycles. The maximum Gasteiger partial charge on any atom is 0.214 e. The van der Waals surface area contributed by atoms with E-state index < -0.39 is 10.0 Å². The number of aromatic nitrogens is 1. The van der Waals surface area contributed by atoms with Gasteiger partial charge in [-0.25, -0.2) is 8.42 Å². The third kappa shape index (κ3) is 2.57. The van der Waals surface area contributed by atoms with Crippen molar-refractivity contribution >= 4 is 10.0 Å². The molecule has 2 rings (SSSR count). The summed E-state index contributed by atoms with van der Waals surface area (Å²) < 4.78 is 30.9. The lowest BCUT2D eigenvalue weighted by Gasteiger charge is -2.25. The van der Waals surface area contributed by atoms with Crippen LogP contribution in [0.3, 0.4) is 0 Å². The minimum absolute atomic E-state index is 0.210. The predicted octanol–water partition coefficient (Wildman–Crippen LogP) is 0.621. The minimum Gasteiger partial charge on any atom is -0.359 e. The van der Waals surface area contributed by atoms with E-state index in [9.17, 15) is 8.42 Å². The summed E-state index contributed by atoms with van der Waals surface area (Å²) in [5.41, 5.74) is 7.25. The molecule has 0 bridgehead atoms. The topological polar surface area (TPSA) is 89.4 Å². The van der Waals surface area contributed by atoms with Crippen molar-refractivity contribution in [1.82, 2.24) is 9.46 Å². The third-order valence-corrected chi connectivity index (χ3v) is 5.12. The van der Waals surface area contributed by atoms with Crippen molar-refractivity contribution in [2.75, 3.05) is 12.3 Å². The van der Waals surface area contributed by atoms with Gasteiger partial charge >= 0.3 is 0 Å². The number of unbranched alkanes of at least 4 members (excludes halogenated alkanes) is 1. The second-order valence-corrected chi connectivity index (χ2v) is 6.58. The van der Waals surface area contributed by atoms with Gasteiger partial charge in [0, 0.05) is 25.1 Å². The molecule has 0 aliphatic carbocycles. The summed E-state index contributed by atoms with van der Waals surface area (Å²) >= 11 is 0. The first-order chi connectivity index (χ1) is 8.58. The van der Waals surface area contributed by atoms with Crippen LogP contribution in [0.4, 0.5) is 0 Å². The van der Waals surface area contributed by atoms with Crippen LogP contribution < -0.4 is 5.73 Å². The van der Waals surface area contributed by atoms with Crippen molar-refractivity contribution in [3.8, 4) is 0 Å². The van der Waals surface area contributed by atoms with E-state index in [-0.39, 0.29) is 12.3 Å². The van der Waals surface area contributed by atoms with Gasteiger partial charge in [0.25, 0.3) is 0 Å². The summed E-state index contributed by atoms with van der Waals surface area (Å²) in [6.07, 6.45) is 2.17. The molecule has 6 nitrogen and oxygen atoms in total. The lowest BCUT2D eigenvalue weighted by molar-refractivity contribution is 0.377. The average Bonchev–Trinajstić information content (AvgIpc) is 2.78. The molecule has 0 amide bonds. The van der Waals surface area contributed by atoms with Crippen LogP contribution in [0.15, 0.2) is 4.52 Å². The van der Waals surface area contributed by atoms with Gasteiger partial charge in [-0.3, -0.25) is 0 Å². The summed E-state index contributed by atoms with van der Waals surface area (Å²) in [6.45, 7) is 3.06. The molecule has 7 heteroatoms. The first-order valence-electron chi connectivity index (χ1n) is 6.22. The Morgan fingerprint density at radius 1 is 1.50 bits per heavy atom. The lowest BCUT2D eigenvalue weighted by atomic mass is 10.1. The van der Waals surface area contributed by atoms with Crippen LogP contribution in [-0.2, 0) is 29.5 Å². The van der Waals surface area contributed by atoms with Gasteiger partial charge < -0.3 is 10.3 Å². The summed E-state index contributed by atoms with van der Waals surface area (Å²) in [5, 5.41) is 3.93. The maximum absolute atomic E-state index is 12.1. The highest BCUT2D eigenvalue weighted by atomic mass is 32.2. The molecule has 0 saturated carbocycles. The Hall–Kier alpha value is -0.920. The van der Waals surface area contributed by atoms with Crippen molar-refractivity contribution < 1.29 is 12.9 Å². The molecule has 0 saturated heterocycles. The maximum atomic E-state index is 12.1. The van der Waals surface area contributed by atoms with E-state index in [0.29, 0.717) is 31.7 Å². The molecule has 1 aliphatic rings. The molecule has 2 N–H and O–H groups in total. The highest BCUT2D eigenvalue weighted by molar-refractivity contribution is 7.89. The largest absolute Gasteiger partial charge is 0.359 e. The Kier molecular flexibility index (Phi) is 4.04. The third-order valence-electron chi connectivity index (χ3n) is 3.22. The Bertz CT molecular complexity index is 496. The normalized spacial score (nSPS) is 16.8. The molecule has 1 aromatic rings. The molecule has 0 spiro atoms. The van der Waals surface area contributed by atoms with Gasteiger partial charge in [-0.1, -0.05) is 18.5 Å². The van der Waals surface area contributed by atoms with Gasteiger partial charge in [-0.05, 0) is 6.42 Å². The quantitative estimate of drug-likeness (QED) is 0.849. The van der Waals surface area contributed by atoms with E-state index in [1.807, 2.05) is 6.92 Å². The van der Waals surface area contributed by atoms with Crippen molar-refractivity contribution in [3.63, 3.8) is 0 Å². The van der Waals surface area contributed by atoms with Crippen molar-refractivity contribution in [1.29, 1.82) is 0 Å². The SMILES string of the molecule is CCCCS(=O)(=O)N1CCc2noc(CN)c2C1. The molecule has 0 atom stereocenters. The van der Waals surface area contributed by atoms with Crippen LogP contribution in [0.2, 0.25) is 0 Å². The van der Waals surface area contributed by atoms with Crippen LogP contribution >= 0.6 is 0 Å². The molecule has 0 fully saturated rings. The van der Waals surface area contributed by atoms with Gasteiger partial charge in [0.15, 0.2) is 5.76 Å². The summed E-state index contributed by atoms with van der Waals surface area (Å²) in [7, 11) is -3.17. The Morgan fingerprint density at radius 3 is 2.94 bits per heavy atom. The van der Waals surface area contributed by atoms with Gasteiger partial charge in [0.05, 0.1) is 18.0 Å². The minimum atomic E-state index is -3.17. The average molecular weight is 273 g/mol. The number of fused-ring (bicyclic) bond motifs is 1. The van der Waals surface area contributed by atoms with E-state index in [4.69, 9.17) is 10.3 Å². The zero-order valence-corrected chi connectivity index (χ0v) is 11.4. The second-order valence-electron chi connectivity index (χ2n) is 4.49. The standard InChI is InChI=1S/C11H19N3O3S/c1-2-3-6-18(15,16)14-5-4-10-9(8-14)11(7-12)17-13-10/h2-8,12H2,1H3. The lowest BCUT2D eigenvalue weighted by Crippen LogP contribution is -2.37. The van der Waals surface area contributed by atoms with Crippen LogP contribution in [0.25, 0.3) is 0 Å². The molecule has 1 aliphatic heterocycles. The fraction of sp³-hybridized carbons (Fsp3) is 0.727. The number of rotatable bonds is 5. The van der Waals surface area contributed by atoms with E-state index in [2.05, 4.69) is 5.16 Å². The molecule has 102 valence electrons. The van der Waals surface area contributed by atoms with Crippen molar-refractivity contribution in [2.24, 2.45) is 5.73 Å². The van der Waals surface area contributed by atoms with Crippen LogP contribution in [0, 0.1) is 0 Å². The Morgan fingerprint density at radius 2 is 2.28 bits per heavy atom. The number of hydrogen-bond donors (Lipinski definition) is 1. The van der Waals surface area contributed by atoms with Crippen molar-refractivity contribution in [3.05, 3.63) is 17.0 Å². The molecule has 1 aromatic heterocycles. The monoisotopic (exact) mass is 273 g/mol. The first kappa shape index (κ1) is 13.5. The van der Waals surface area contributed by atoms with Gasteiger partial charge in [-0.15, -0.1) is 0 Å². The number of nitrogens with two attached hydrogens (primary N) is 1. The molecule has 2 heterocycles. The van der Waals surface area contributed by atoms with E-state index in [1.54, 1.807) is 0 Å². The van der Waals surface area contributed by atoms with E-state index in [1.165, 1.54) is 4.31 Å². The Labute approximate surface area is 107 Å². The van der Waals surface area contributed by atoms with Gasteiger partial charge in [0.1, 0.15) is 0 Å². The fourth-order valence-corrected chi connectivity index (χ4v) is 3.70. The van der Waals surface area contributed by atoms with Crippen LogP contribution in [0.1, 0.15) is 36.8 Å². The van der Waals surface area contributed by atoms with Crippen molar-refractivity contribution in [2.45, 2.75) is 39.3 Å². The summed E-state index contributed by atoms with van der Waals surface area (Å²) in [6, 6.07) is 0. The highest BCUT2D eigenvalue weighted by Crippen LogP contribution is 2.24. The van der Waals surface area contributed by atoms with Crippen LogP contribution in [-0.4, -0.2) is 30.2 Å².